The van der Waals surface area contributed by atoms with Gasteiger partial charge in [-0.25, -0.2) is 8.42 Å². The molecule has 2 amide bonds. The molecule has 2 aromatic rings. The van der Waals surface area contributed by atoms with Crippen LogP contribution in [-0.2, 0) is 26.0 Å². The highest BCUT2D eigenvalue weighted by Crippen LogP contribution is 2.27. The number of nitrogens with one attached hydrogen (secondary N) is 1. The summed E-state index contributed by atoms with van der Waals surface area (Å²) in [4.78, 5) is 38.3. The summed E-state index contributed by atoms with van der Waals surface area (Å²) in [5, 5.41) is 14.0. The molecule has 10 nitrogen and oxygen atoms in total. The van der Waals surface area contributed by atoms with Gasteiger partial charge in [-0.3, -0.25) is 24.0 Å². The first-order valence-electron chi connectivity index (χ1n) is 11.3. The summed E-state index contributed by atoms with van der Waals surface area (Å²) >= 11 is 0. The van der Waals surface area contributed by atoms with Crippen molar-refractivity contribution in [3.8, 4) is 0 Å². The van der Waals surface area contributed by atoms with Crippen LogP contribution in [0.25, 0.3) is 0 Å². The number of nitro benzene ring substituents is 1. The largest absolute Gasteiger partial charge is 0.355 e. The Bertz CT molecular complexity index is 1150. The fourth-order valence-corrected chi connectivity index (χ4v) is 4.66. The zero-order valence-corrected chi connectivity index (χ0v) is 21.2. The van der Waals surface area contributed by atoms with E-state index in [0.717, 1.165) is 22.2 Å². The Labute approximate surface area is 206 Å². The minimum atomic E-state index is -3.98. The van der Waals surface area contributed by atoms with E-state index in [9.17, 15) is 28.1 Å². The van der Waals surface area contributed by atoms with Gasteiger partial charge in [-0.05, 0) is 37.8 Å². The normalized spacial score (nSPS) is 12.0. The van der Waals surface area contributed by atoms with Crippen molar-refractivity contribution < 1.29 is 22.9 Å². The molecule has 0 saturated carbocycles. The van der Waals surface area contributed by atoms with Gasteiger partial charge in [-0.2, -0.15) is 0 Å². The molecule has 190 valence electrons. The first-order valence-corrected chi connectivity index (χ1v) is 13.2. The number of likely N-dealkylation sites (N-methyl/N-ethyl adjacent to an activating group) is 1. The van der Waals surface area contributed by atoms with Gasteiger partial charge in [0, 0.05) is 25.2 Å². The van der Waals surface area contributed by atoms with Crippen LogP contribution in [0.15, 0.2) is 48.5 Å². The second-order valence-corrected chi connectivity index (χ2v) is 10.0. The molecule has 0 radical (unpaired) electrons. The zero-order chi connectivity index (χ0) is 26.2. The number of hydrogen-bond donors (Lipinski definition) is 1. The van der Waals surface area contributed by atoms with Crippen LogP contribution in [-0.4, -0.2) is 62.0 Å². The fourth-order valence-electron chi connectivity index (χ4n) is 3.76. The lowest BCUT2D eigenvalue weighted by Gasteiger charge is -2.33. The molecule has 2 aromatic carbocycles. The van der Waals surface area contributed by atoms with Gasteiger partial charge in [0.1, 0.15) is 12.6 Å². The number of nitrogens with zero attached hydrogens (tertiary/aromatic N) is 3. The standard InChI is InChI=1S/C24H32N4O6S/c1-5-21(24(30)25-6-2)26(15-14-19-10-8-7-9-11-19)23(29)17-27(35(4,33)34)22-16-20(28(31)32)13-12-18(22)3/h7-13,16,21H,5-6,14-15,17H2,1-4H3,(H,25,30)/t21-/m1/s1. The van der Waals surface area contributed by atoms with Crippen molar-refractivity contribution in [1.82, 2.24) is 10.2 Å². The molecule has 0 aromatic heterocycles. The number of nitro groups is 1. The Balaban J connectivity index is 2.44. The molecule has 0 heterocycles. The van der Waals surface area contributed by atoms with E-state index in [4.69, 9.17) is 0 Å². The Morgan fingerprint density at radius 3 is 2.31 bits per heavy atom. The van der Waals surface area contributed by atoms with Crippen molar-refractivity contribution >= 4 is 33.2 Å². The van der Waals surface area contributed by atoms with Gasteiger partial charge in [0.05, 0.1) is 16.9 Å². The lowest BCUT2D eigenvalue weighted by Crippen LogP contribution is -2.53. The molecule has 2 rings (SSSR count). The molecular weight excluding hydrogens is 472 g/mol. The summed E-state index contributed by atoms with van der Waals surface area (Å²) in [5.41, 5.74) is 1.18. The van der Waals surface area contributed by atoms with E-state index in [0.29, 0.717) is 24.9 Å². The minimum Gasteiger partial charge on any atom is -0.355 e. The van der Waals surface area contributed by atoms with Crippen LogP contribution < -0.4 is 9.62 Å². The number of carbonyl (C=O) groups excluding carboxylic acids is 2. The summed E-state index contributed by atoms with van der Waals surface area (Å²) in [6.07, 6.45) is 1.74. The number of anilines is 1. The number of sulfonamides is 1. The number of carbonyl (C=O) groups is 2. The third-order valence-corrected chi connectivity index (χ3v) is 6.70. The molecule has 0 saturated heterocycles. The van der Waals surface area contributed by atoms with Crippen molar-refractivity contribution in [2.75, 3.05) is 30.2 Å². The Hall–Kier alpha value is -3.47. The summed E-state index contributed by atoms with van der Waals surface area (Å²) in [6.45, 7) is 5.16. The highest BCUT2D eigenvalue weighted by Gasteiger charge is 2.32. The van der Waals surface area contributed by atoms with Gasteiger partial charge in [0.2, 0.25) is 21.8 Å². The maximum absolute atomic E-state index is 13.5. The van der Waals surface area contributed by atoms with Crippen molar-refractivity contribution in [3.63, 3.8) is 0 Å². The number of benzene rings is 2. The predicted octanol–water partition coefficient (Wildman–Crippen LogP) is 2.66. The van der Waals surface area contributed by atoms with E-state index >= 15 is 0 Å². The smallest absolute Gasteiger partial charge is 0.271 e. The Morgan fingerprint density at radius 1 is 1.11 bits per heavy atom. The molecule has 0 bridgehead atoms. The molecule has 11 heteroatoms. The highest BCUT2D eigenvalue weighted by molar-refractivity contribution is 7.92. The highest BCUT2D eigenvalue weighted by atomic mass is 32.2. The van der Waals surface area contributed by atoms with Gasteiger partial charge in [-0.15, -0.1) is 0 Å². The second-order valence-electron chi connectivity index (χ2n) is 8.14. The van der Waals surface area contributed by atoms with Crippen molar-refractivity contribution in [3.05, 3.63) is 69.8 Å². The predicted molar refractivity (Wildman–Crippen MR) is 135 cm³/mol. The number of amides is 2. The molecule has 1 N–H and O–H groups in total. The molecule has 0 spiro atoms. The van der Waals surface area contributed by atoms with Gasteiger partial charge >= 0.3 is 0 Å². The van der Waals surface area contributed by atoms with E-state index in [1.54, 1.807) is 20.8 Å². The summed E-state index contributed by atoms with van der Waals surface area (Å²) in [7, 11) is -3.98. The molecule has 0 aliphatic heterocycles. The lowest BCUT2D eigenvalue weighted by molar-refractivity contribution is -0.384. The van der Waals surface area contributed by atoms with Gasteiger partial charge in [0.25, 0.3) is 5.69 Å². The molecule has 1 atom stereocenters. The minimum absolute atomic E-state index is 0.0455. The van der Waals surface area contributed by atoms with E-state index in [1.807, 2.05) is 30.3 Å². The van der Waals surface area contributed by atoms with Crippen LogP contribution in [0.4, 0.5) is 11.4 Å². The molecule has 35 heavy (non-hydrogen) atoms. The molecule has 0 unspecified atom stereocenters. The Kier molecular flexibility index (Phi) is 9.76. The van der Waals surface area contributed by atoms with Crippen LogP contribution in [0.3, 0.4) is 0 Å². The first kappa shape index (κ1) is 27.8. The van der Waals surface area contributed by atoms with E-state index in [-0.39, 0.29) is 23.8 Å². The molecular formula is C24H32N4O6S. The zero-order valence-electron chi connectivity index (χ0n) is 20.4. The van der Waals surface area contributed by atoms with Crippen LogP contribution in [0.2, 0.25) is 0 Å². The third-order valence-electron chi connectivity index (χ3n) is 5.57. The van der Waals surface area contributed by atoms with Crippen LogP contribution >= 0.6 is 0 Å². The maximum atomic E-state index is 13.5. The first-order chi connectivity index (χ1) is 16.5. The van der Waals surface area contributed by atoms with E-state index in [2.05, 4.69) is 5.32 Å². The SMILES string of the molecule is CCNC(=O)[C@@H](CC)N(CCc1ccccc1)C(=O)CN(c1cc([N+](=O)[O-])ccc1C)S(C)(=O)=O. The molecule has 0 aliphatic rings. The molecule has 0 aliphatic carbocycles. The van der Waals surface area contributed by atoms with Crippen molar-refractivity contribution in [2.45, 2.75) is 39.7 Å². The number of non-ortho nitro benzene ring substituents is 1. The Morgan fingerprint density at radius 2 is 1.77 bits per heavy atom. The van der Waals surface area contributed by atoms with Crippen molar-refractivity contribution in [2.24, 2.45) is 0 Å². The molecule has 0 fully saturated rings. The summed E-state index contributed by atoms with van der Waals surface area (Å²) < 4.78 is 26.2. The topological polar surface area (TPSA) is 130 Å². The van der Waals surface area contributed by atoms with Crippen molar-refractivity contribution in [1.29, 1.82) is 0 Å². The average molecular weight is 505 g/mol. The quantitative estimate of drug-likeness (QED) is 0.349. The fraction of sp³-hybridized carbons (Fsp3) is 0.417. The number of rotatable bonds is 12. The van der Waals surface area contributed by atoms with Crippen LogP contribution in [0, 0.1) is 17.0 Å². The number of hydrogen-bond acceptors (Lipinski definition) is 6. The summed E-state index contributed by atoms with van der Waals surface area (Å²) in [6, 6.07) is 12.5. The number of aryl methyl sites for hydroxylation is 1. The second kappa shape index (κ2) is 12.3. The van der Waals surface area contributed by atoms with E-state index < -0.39 is 33.4 Å². The van der Waals surface area contributed by atoms with Gasteiger partial charge in [-0.1, -0.05) is 43.3 Å². The third kappa shape index (κ3) is 7.51. The van der Waals surface area contributed by atoms with Crippen LogP contribution in [0.5, 0.6) is 0 Å². The average Bonchev–Trinajstić information content (AvgIpc) is 2.80. The monoisotopic (exact) mass is 504 g/mol. The van der Waals surface area contributed by atoms with Crippen LogP contribution in [0.1, 0.15) is 31.4 Å². The maximum Gasteiger partial charge on any atom is 0.271 e. The summed E-state index contributed by atoms with van der Waals surface area (Å²) in [5.74, 6) is -0.899. The van der Waals surface area contributed by atoms with E-state index in [1.165, 1.54) is 17.0 Å². The lowest BCUT2D eigenvalue weighted by atomic mass is 10.1. The van der Waals surface area contributed by atoms with Gasteiger partial charge in [0.15, 0.2) is 0 Å². The van der Waals surface area contributed by atoms with Gasteiger partial charge < -0.3 is 10.2 Å².